The van der Waals surface area contributed by atoms with Crippen LogP contribution >= 0.6 is 0 Å². The number of quaternary nitrogens is 2. The molecule has 2 aliphatic heterocycles. The van der Waals surface area contributed by atoms with Gasteiger partial charge in [-0.05, 0) is 35.9 Å². The molecule has 0 spiro atoms. The third-order valence-corrected chi connectivity index (χ3v) is 5.34. The quantitative estimate of drug-likeness (QED) is 0.682. The zero-order valence-electron chi connectivity index (χ0n) is 15.1. The van der Waals surface area contributed by atoms with Crippen molar-refractivity contribution in [3.8, 4) is 5.75 Å². The van der Waals surface area contributed by atoms with E-state index in [2.05, 4.69) is 23.5 Å². The monoisotopic (exact) mass is 353 g/mol. The van der Waals surface area contributed by atoms with Crippen molar-refractivity contribution in [2.45, 2.75) is 13.0 Å². The predicted octanol–water partition coefficient (Wildman–Crippen LogP) is -0.456. The average Bonchev–Trinajstić information content (AvgIpc) is 3.12. The number of fused-ring (bicyclic) bond motifs is 1. The molecule has 2 aromatic carbocycles. The molecule has 5 nitrogen and oxygen atoms in total. The SMILES string of the molecule is O=C(C[NH+]1CC[NH+](Cc2ccc3c(c2)CCO3)CC1)Nc1ccccc1. The second kappa shape index (κ2) is 7.89. The maximum absolute atomic E-state index is 12.2. The van der Waals surface area contributed by atoms with Gasteiger partial charge in [0.25, 0.3) is 5.91 Å². The maximum atomic E-state index is 12.2. The lowest BCUT2D eigenvalue weighted by Gasteiger charge is -2.29. The zero-order valence-corrected chi connectivity index (χ0v) is 15.1. The Hall–Kier alpha value is -2.37. The molecule has 2 heterocycles. The molecule has 5 heteroatoms. The van der Waals surface area contributed by atoms with Crippen LogP contribution in [0.5, 0.6) is 5.75 Å². The number of rotatable bonds is 5. The number of benzene rings is 2. The Morgan fingerprint density at radius 2 is 1.77 bits per heavy atom. The van der Waals surface area contributed by atoms with E-state index in [1.165, 1.54) is 16.0 Å². The Balaban J connectivity index is 1.23. The second-order valence-electron chi connectivity index (χ2n) is 7.31. The molecular weight excluding hydrogens is 326 g/mol. The number of anilines is 1. The van der Waals surface area contributed by atoms with E-state index < -0.39 is 0 Å². The van der Waals surface area contributed by atoms with Crippen molar-refractivity contribution in [3.63, 3.8) is 0 Å². The van der Waals surface area contributed by atoms with Crippen molar-refractivity contribution in [3.05, 3.63) is 59.7 Å². The lowest BCUT2D eigenvalue weighted by atomic mass is 10.1. The Labute approximate surface area is 154 Å². The molecule has 0 bridgehead atoms. The molecule has 0 aliphatic carbocycles. The molecule has 1 fully saturated rings. The zero-order chi connectivity index (χ0) is 17.8. The number of piperazine rings is 1. The number of ether oxygens (including phenoxy) is 1. The highest BCUT2D eigenvalue weighted by atomic mass is 16.5. The Kier molecular flexibility index (Phi) is 5.18. The van der Waals surface area contributed by atoms with E-state index in [-0.39, 0.29) is 5.91 Å². The van der Waals surface area contributed by atoms with E-state index in [1.807, 2.05) is 30.3 Å². The van der Waals surface area contributed by atoms with E-state index in [1.54, 1.807) is 4.90 Å². The molecule has 0 unspecified atom stereocenters. The summed E-state index contributed by atoms with van der Waals surface area (Å²) in [5.41, 5.74) is 3.63. The minimum absolute atomic E-state index is 0.105. The van der Waals surface area contributed by atoms with E-state index in [4.69, 9.17) is 4.74 Å². The van der Waals surface area contributed by atoms with Crippen LogP contribution < -0.4 is 19.9 Å². The summed E-state index contributed by atoms with van der Waals surface area (Å²) in [5, 5.41) is 2.99. The first-order chi connectivity index (χ1) is 12.8. The summed E-state index contributed by atoms with van der Waals surface area (Å²) in [6.07, 6.45) is 1.03. The van der Waals surface area contributed by atoms with Crippen molar-refractivity contribution in [1.29, 1.82) is 0 Å². The van der Waals surface area contributed by atoms with Gasteiger partial charge in [0.2, 0.25) is 0 Å². The third kappa shape index (κ3) is 4.23. The van der Waals surface area contributed by atoms with Gasteiger partial charge in [0.1, 0.15) is 38.5 Å². The van der Waals surface area contributed by atoms with Crippen LogP contribution in [0.4, 0.5) is 5.69 Å². The van der Waals surface area contributed by atoms with Gasteiger partial charge in [-0.3, -0.25) is 4.79 Å². The molecule has 1 saturated heterocycles. The highest BCUT2D eigenvalue weighted by Gasteiger charge is 2.25. The van der Waals surface area contributed by atoms with Crippen LogP contribution in [-0.2, 0) is 17.8 Å². The highest BCUT2D eigenvalue weighted by molar-refractivity contribution is 5.91. The van der Waals surface area contributed by atoms with Crippen LogP contribution in [0.3, 0.4) is 0 Å². The van der Waals surface area contributed by atoms with Gasteiger partial charge in [-0.2, -0.15) is 0 Å². The van der Waals surface area contributed by atoms with Crippen molar-refractivity contribution in [1.82, 2.24) is 0 Å². The normalized spacial score (nSPS) is 21.7. The van der Waals surface area contributed by atoms with Crippen molar-refractivity contribution in [2.24, 2.45) is 0 Å². The Morgan fingerprint density at radius 3 is 2.58 bits per heavy atom. The molecule has 4 rings (SSSR count). The largest absolute Gasteiger partial charge is 0.493 e. The first-order valence-electron chi connectivity index (χ1n) is 9.53. The van der Waals surface area contributed by atoms with E-state index in [9.17, 15) is 4.79 Å². The molecule has 136 valence electrons. The van der Waals surface area contributed by atoms with Crippen LogP contribution in [-0.4, -0.2) is 45.2 Å². The summed E-state index contributed by atoms with van der Waals surface area (Å²) in [5.74, 6) is 1.16. The summed E-state index contributed by atoms with van der Waals surface area (Å²) in [7, 11) is 0. The molecule has 0 atom stereocenters. The summed E-state index contributed by atoms with van der Waals surface area (Å²) in [6.45, 7) is 6.76. The third-order valence-electron chi connectivity index (χ3n) is 5.34. The summed E-state index contributed by atoms with van der Waals surface area (Å²) >= 11 is 0. The van der Waals surface area contributed by atoms with E-state index in [0.29, 0.717) is 6.54 Å². The summed E-state index contributed by atoms with van der Waals surface area (Å²) in [4.78, 5) is 15.2. The number of hydrogen-bond acceptors (Lipinski definition) is 2. The molecule has 2 aromatic rings. The molecule has 2 aliphatic rings. The molecule has 3 N–H and O–H groups in total. The fourth-order valence-electron chi connectivity index (χ4n) is 3.90. The van der Waals surface area contributed by atoms with Gasteiger partial charge in [-0.25, -0.2) is 0 Å². The van der Waals surface area contributed by atoms with Crippen LogP contribution in [0.25, 0.3) is 0 Å². The topological polar surface area (TPSA) is 47.2 Å². The fourth-order valence-corrected chi connectivity index (χ4v) is 3.90. The summed E-state index contributed by atoms with van der Waals surface area (Å²) in [6, 6.07) is 16.3. The molecule has 26 heavy (non-hydrogen) atoms. The average molecular weight is 353 g/mol. The lowest BCUT2D eigenvalue weighted by Crippen LogP contribution is -3.28. The number of nitrogens with one attached hydrogen (secondary N) is 3. The van der Waals surface area contributed by atoms with Crippen LogP contribution in [0, 0.1) is 0 Å². The Bertz CT molecular complexity index is 755. The van der Waals surface area contributed by atoms with Crippen LogP contribution in [0.15, 0.2) is 48.5 Å². The van der Waals surface area contributed by atoms with Gasteiger partial charge in [0, 0.05) is 17.7 Å². The smallest absolute Gasteiger partial charge is 0.279 e. The fraction of sp³-hybridized carbons (Fsp3) is 0.381. The Morgan fingerprint density at radius 1 is 1.00 bits per heavy atom. The maximum Gasteiger partial charge on any atom is 0.279 e. The number of amides is 1. The molecule has 0 saturated carbocycles. The minimum atomic E-state index is 0.105. The van der Waals surface area contributed by atoms with Gasteiger partial charge in [-0.15, -0.1) is 0 Å². The highest BCUT2D eigenvalue weighted by Crippen LogP contribution is 2.25. The van der Waals surface area contributed by atoms with Gasteiger partial charge < -0.3 is 19.9 Å². The number of carbonyl (C=O) groups excluding carboxylic acids is 1. The van der Waals surface area contributed by atoms with E-state index in [0.717, 1.165) is 57.2 Å². The van der Waals surface area contributed by atoms with Gasteiger partial charge in [-0.1, -0.05) is 18.2 Å². The molecular formula is C21H27N3O2+2. The first kappa shape index (κ1) is 17.1. The second-order valence-corrected chi connectivity index (χ2v) is 7.31. The van der Waals surface area contributed by atoms with Crippen LogP contribution in [0.1, 0.15) is 11.1 Å². The summed E-state index contributed by atoms with van der Waals surface area (Å²) < 4.78 is 5.59. The van der Waals surface area contributed by atoms with E-state index >= 15 is 0 Å². The molecule has 0 radical (unpaired) electrons. The molecule has 1 amide bonds. The number of para-hydroxylation sites is 1. The van der Waals surface area contributed by atoms with Gasteiger partial charge in [0.05, 0.1) is 6.61 Å². The van der Waals surface area contributed by atoms with Crippen molar-refractivity contribution >= 4 is 11.6 Å². The number of carbonyl (C=O) groups is 1. The number of hydrogen-bond donors (Lipinski definition) is 3. The van der Waals surface area contributed by atoms with Gasteiger partial charge >= 0.3 is 0 Å². The predicted molar refractivity (Wildman–Crippen MR) is 101 cm³/mol. The van der Waals surface area contributed by atoms with Crippen molar-refractivity contribution < 1.29 is 19.3 Å². The first-order valence-corrected chi connectivity index (χ1v) is 9.53. The standard InChI is InChI=1S/C21H25N3O2/c25-21(22-19-4-2-1-3-5-19)16-24-11-9-23(10-12-24)15-17-6-7-20-18(14-17)8-13-26-20/h1-7,14H,8-13,15-16H2,(H,22,25)/p+2. The molecule has 0 aromatic heterocycles. The van der Waals surface area contributed by atoms with Gasteiger partial charge in [0.15, 0.2) is 6.54 Å². The minimum Gasteiger partial charge on any atom is -0.493 e. The van der Waals surface area contributed by atoms with Crippen molar-refractivity contribution in [2.75, 3.05) is 44.6 Å². The lowest BCUT2D eigenvalue weighted by molar-refractivity contribution is -1.02. The van der Waals surface area contributed by atoms with Crippen LogP contribution in [0.2, 0.25) is 0 Å².